The van der Waals surface area contributed by atoms with Crippen LogP contribution in [0.3, 0.4) is 0 Å². The number of nitrogens with zero attached hydrogens (tertiary/aromatic N) is 1. The summed E-state index contributed by atoms with van der Waals surface area (Å²) in [7, 11) is 2.90. The third kappa shape index (κ3) is 7.55. The molecule has 0 spiro atoms. The Morgan fingerprint density at radius 2 is 1.16 bits per heavy atom. The van der Waals surface area contributed by atoms with Crippen LogP contribution in [0.25, 0.3) is 11.1 Å². The highest BCUT2D eigenvalue weighted by atomic mass is 32.2. The van der Waals surface area contributed by atoms with Gasteiger partial charge in [-0.15, -0.1) is 11.8 Å². The van der Waals surface area contributed by atoms with Crippen molar-refractivity contribution in [3.05, 3.63) is 167 Å². The normalized spacial score (nSPS) is 13.3. The molecule has 8 nitrogen and oxygen atoms in total. The van der Waals surface area contributed by atoms with E-state index in [1.54, 1.807) is 18.7 Å². The van der Waals surface area contributed by atoms with Crippen molar-refractivity contribution in [1.82, 2.24) is 15.7 Å². The highest BCUT2D eigenvalue weighted by molar-refractivity contribution is 8.00. The van der Waals surface area contributed by atoms with Gasteiger partial charge in [0, 0.05) is 18.7 Å². The van der Waals surface area contributed by atoms with Gasteiger partial charge in [-0.1, -0.05) is 140 Å². The van der Waals surface area contributed by atoms with Crippen LogP contribution in [0.4, 0.5) is 4.79 Å². The van der Waals surface area contributed by atoms with Gasteiger partial charge in [0.1, 0.15) is 18.7 Å². The van der Waals surface area contributed by atoms with E-state index in [1.807, 2.05) is 91.0 Å². The van der Waals surface area contributed by atoms with E-state index >= 15 is 0 Å². The summed E-state index contributed by atoms with van der Waals surface area (Å²) in [6.45, 7) is 1.68. The molecular formula is C42H41N3O5S. The van der Waals surface area contributed by atoms with Gasteiger partial charge < -0.3 is 15.4 Å². The monoisotopic (exact) mass is 699 g/mol. The minimum Gasteiger partial charge on any atom is -0.449 e. The number of carbonyl (C=O) groups is 3. The number of nitrogens with one attached hydrogen (secondary N) is 2. The van der Waals surface area contributed by atoms with Crippen molar-refractivity contribution in [2.45, 2.75) is 29.7 Å². The molecule has 1 aliphatic rings. The number of carbonyl (C=O) groups excluding carboxylic acids is 3. The molecule has 0 saturated carbocycles. The van der Waals surface area contributed by atoms with Gasteiger partial charge in [-0.25, -0.2) is 9.86 Å². The average Bonchev–Trinajstić information content (AvgIpc) is 3.50. The summed E-state index contributed by atoms with van der Waals surface area (Å²) in [5, 5.41) is 6.64. The third-order valence-electron chi connectivity index (χ3n) is 9.28. The Labute approximate surface area is 303 Å². The summed E-state index contributed by atoms with van der Waals surface area (Å²) in [5.74, 6) is -0.893. The van der Waals surface area contributed by atoms with Crippen LogP contribution in [-0.4, -0.2) is 61.6 Å². The van der Waals surface area contributed by atoms with Gasteiger partial charge in [-0.3, -0.25) is 14.4 Å². The van der Waals surface area contributed by atoms with E-state index in [0.717, 1.165) is 44.0 Å². The second kappa shape index (κ2) is 16.1. The second-order valence-corrected chi connectivity index (χ2v) is 13.6. The lowest BCUT2D eigenvalue weighted by molar-refractivity contribution is -0.171. The first-order valence-corrected chi connectivity index (χ1v) is 17.9. The Morgan fingerprint density at radius 1 is 0.706 bits per heavy atom. The van der Waals surface area contributed by atoms with Crippen molar-refractivity contribution >= 4 is 29.7 Å². The number of thioether (sulfide) groups is 1. The summed E-state index contributed by atoms with van der Waals surface area (Å²) in [6.07, 6.45) is -0.720. The van der Waals surface area contributed by atoms with Crippen LogP contribution in [-0.2, 0) is 23.9 Å². The lowest BCUT2D eigenvalue weighted by Crippen LogP contribution is -2.54. The number of fused-ring (bicyclic) bond motifs is 3. The predicted octanol–water partition coefficient (Wildman–Crippen LogP) is 7.14. The van der Waals surface area contributed by atoms with Gasteiger partial charge in [0.05, 0.1) is 11.9 Å². The number of rotatable bonds is 13. The molecular weight excluding hydrogens is 659 g/mol. The van der Waals surface area contributed by atoms with Crippen molar-refractivity contribution in [1.29, 1.82) is 0 Å². The molecule has 0 bridgehead atoms. The summed E-state index contributed by atoms with van der Waals surface area (Å²) >= 11 is 1.54. The van der Waals surface area contributed by atoms with Gasteiger partial charge in [0.25, 0.3) is 5.91 Å². The minimum absolute atomic E-state index is 0.116. The number of likely N-dealkylation sites (N-methyl/N-ethyl adjacent to an activating group) is 1. The molecule has 1 aliphatic carbocycles. The van der Waals surface area contributed by atoms with Crippen LogP contribution in [0.15, 0.2) is 140 Å². The van der Waals surface area contributed by atoms with Crippen LogP contribution >= 0.6 is 11.8 Å². The van der Waals surface area contributed by atoms with E-state index in [1.165, 1.54) is 14.2 Å². The molecule has 0 saturated heterocycles. The predicted molar refractivity (Wildman–Crippen MR) is 201 cm³/mol. The summed E-state index contributed by atoms with van der Waals surface area (Å²) < 4.78 is 4.96. The molecule has 2 N–H and O–H groups in total. The van der Waals surface area contributed by atoms with Crippen molar-refractivity contribution in [2.75, 3.05) is 26.5 Å². The Morgan fingerprint density at radius 3 is 1.63 bits per heavy atom. The number of hydroxylamine groups is 2. The zero-order valence-corrected chi connectivity index (χ0v) is 29.6. The molecule has 6 rings (SSSR count). The summed E-state index contributed by atoms with van der Waals surface area (Å²) in [4.78, 5) is 45.6. The molecule has 51 heavy (non-hydrogen) atoms. The highest BCUT2D eigenvalue weighted by Crippen LogP contribution is 2.49. The minimum atomic E-state index is -0.991. The molecule has 0 aliphatic heterocycles. The van der Waals surface area contributed by atoms with Crippen molar-refractivity contribution < 1.29 is 24.0 Å². The number of alkyl carbamates (subject to hydrolysis) is 1. The van der Waals surface area contributed by atoms with Crippen molar-refractivity contribution in [3.8, 4) is 11.1 Å². The molecule has 2 atom stereocenters. The van der Waals surface area contributed by atoms with Crippen LogP contribution < -0.4 is 10.6 Å². The van der Waals surface area contributed by atoms with E-state index < -0.39 is 34.7 Å². The fourth-order valence-corrected chi connectivity index (χ4v) is 8.19. The number of hydrogen-bond donors (Lipinski definition) is 2. The van der Waals surface area contributed by atoms with E-state index in [0.29, 0.717) is 0 Å². The average molecular weight is 700 g/mol. The molecule has 0 unspecified atom stereocenters. The molecule has 0 radical (unpaired) electrons. The first-order chi connectivity index (χ1) is 24.8. The quantitative estimate of drug-likeness (QED) is 0.100. The first-order valence-electron chi connectivity index (χ1n) is 16.9. The van der Waals surface area contributed by atoms with Crippen LogP contribution in [0.5, 0.6) is 0 Å². The van der Waals surface area contributed by atoms with Crippen molar-refractivity contribution in [3.63, 3.8) is 0 Å². The van der Waals surface area contributed by atoms with E-state index in [-0.39, 0.29) is 18.3 Å². The zero-order valence-electron chi connectivity index (χ0n) is 28.8. The Balaban J connectivity index is 1.19. The summed E-state index contributed by atoms with van der Waals surface area (Å²) in [6, 6.07) is 44.5. The lowest BCUT2D eigenvalue weighted by Gasteiger charge is -2.37. The van der Waals surface area contributed by atoms with Gasteiger partial charge in [0.15, 0.2) is 0 Å². The Hall–Kier alpha value is -5.38. The topological polar surface area (TPSA) is 97.0 Å². The smallest absolute Gasteiger partial charge is 0.407 e. The molecule has 0 fully saturated rings. The van der Waals surface area contributed by atoms with Gasteiger partial charge >= 0.3 is 6.09 Å². The maximum atomic E-state index is 13.7. The number of benzene rings is 5. The fraction of sp³-hybridized carbons (Fsp3) is 0.214. The van der Waals surface area contributed by atoms with Crippen LogP contribution in [0.2, 0.25) is 0 Å². The van der Waals surface area contributed by atoms with E-state index in [2.05, 4.69) is 59.2 Å². The van der Waals surface area contributed by atoms with Crippen LogP contribution in [0.1, 0.15) is 40.7 Å². The number of amides is 3. The standard InChI is InChI=1S/C42H41N3O5S/c1-29(43-41(48)50-27-37-35-25-15-13-23-33(35)34-24-14-16-26-36(34)37)39(46)44-38(40(47)45(2)49-3)28-51-42(30-17-7-4-8-18-30,31-19-9-5-10-20-31)32-21-11-6-12-22-32/h4-26,29,37-38H,27-28H2,1-3H3,(H,43,48)(H,44,46)/t29-,38-/m0/s1. The maximum absolute atomic E-state index is 13.7. The SMILES string of the molecule is CON(C)C(=O)[C@H](CSC(c1ccccc1)(c1ccccc1)c1ccccc1)NC(=O)[C@H](C)NC(=O)OCC1c2ccccc2-c2ccccc21. The molecule has 9 heteroatoms. The molecule has 0 heterocycles. The zero-order chi connectivity index (χ0) is 35.8. The molecule has 0 aromatic heterocycles. The van der Waals surface area contributed by atoms with Gasteiger partial charge in [-0.2, -0.15) is 0 Å². The number of hydrogen-bond acceptors (Lipinski definition) is 6. The number of ether oxygens (including phenoxy) is 1. The first kappa shape index (κ1) is 35.4. The second-order valence-electron chi connectivity index (χ2n) is 12.4. The van der Waals surface area contributed by atoms with Gasteiger partial charge in [-0.05, 0) is 45.9 Å². The summed E-state index contributed by atoms with van der Waals surface area (Å²) in [5.41, 5.74) is 7.51. The molecule has 5 aromatic carbocycles. The van der Waals surface area contributed by atoms with Crippen LogP contribution in [0, 0.1) is 0 Å². The highest BCUT2D eigenvalue weighted by Gasteiger charge is 2.39. The largest absolute Gasteiger partial charge is 0.449 e. The maximum Gasteiger partial charge on any atom is 0.407 e. The lowest BCUT2D eigenvalue weighted by atomic mass is 9.84. The molecule has 260 valence electrons. The fourth-order valence-electron chi connectivity index (χ4n) is 6.64. The Kier molecular flexibility index (Phi) is 11.2. The third-order valence-corrected chi connectivity index (χ3v) is 10.9. The van der Waals surface area contributed by atoms with E-state index in [9.17, 15) is 14.4 Å². The molecule has 3 amide bonds. The van der Waals surface area contributed by atoms with Crippen molar-refractivity contribution in [2.24, 2.45) is 0 Å². The molecule has 5 aromatic rings. The Bertz CT molecular complexity index is 1820. The van der Waals surface area contributed by atoms with E-state index in [4.69, 9.17) is 9.57 Å². The van der Waals surface area contributed by atoms with Gasteiger partial charge in [0.2, 0.25) is 5.91 Å².